The van der Waals surface area contributed by atoms with Crippen LogP contribution in [-0.4, -0.2) is 25.2 Å². The zero-order valence-corrected chi connectivity index (χ0v) is 10.9. The molecule has 0 saturated carbocycles. The average molecular weight is 212 g/mol. The van der Waals surface area contributed by atoms with Crippen LogP contribution in [0.15, 0.2) is 0 Å². The maximum atomic E-state index is 3.81. The first-order valence-electron chi connectivity index (χ1n) is 6.63. The van der Waals surface area contributed by atoms with Gasteiger partial charge in [0.05, 0.1) is 0 Å². The highest BCUT2D eigenvalue weighted by molar-refractivity contribution is 4.87. The van der Waals surface area contributed by atoms with Gasteiger partial charge in [-0.3, -0.25) is 0 Å². The summed E-state index contributed by atoms with van der Waals surface area (Å²) in [5, 5.41) is 7.29. The first-order chi connectivity index (χ1) is 7.17. The van der Waals surface area contributed by atoms with E-state index < -0.39 is 0 Å². The Morgan fingerprint density at radius 2 is 1.73 bits per heavy atom. The van der Waals surface area contributed by atoms with Crippen LogP contribution in [0.5, 0.6) is 0 Å². The topological polar surface area (TPSA) is 24.1 Å². The third-order valence-electron chi connectivity index (χ3n) is 4.45. The minimum absolute atomic E-state index is 0.391. The Kier molecular flexibility index (Phi) is 5.07. The van der Waals surface area contributed by atoms with E-state index in [0.29, 0.717) is 5.54 Å². The van der Waals surface area contributed by atoms with Gasteiger partial charge in [0.2, 0.25) is 0 Å². The second kappa shape index (κ2) is 5.86. The van der Waals surface area contributed by atoms with E-state index in [1.165, 1.54) is 38.9 Å². The lowest BCUT2D eigenvalue weighted by atomic mass is 9.88. The summed E-state index contributed by atoms with van der Waals surface area (Å²) in [6, 6.07) is 0. The van der Waals surface area contributed by atoms with Gasteiger partial charge in [0.1, 0.15) is 0 Å². The highest BCUT2D eigenvalue weighted by atomic mass is 15.0. The molecule has 0 aromatic carbocycles. The average Bonchev–Trinajstić information content (AvgIpc) is 2.67. The van der Waals surface area contributed by atoms with Crippen molar-refractivity contribution in [2.24, 2.45) is 11.8 Å². The monoisotopic (exact) mass is 212 g/mol. The van der Waals surface area contributed by atoms with Gasteiger partial charge in [-0.05, 0) is 50.7 Å². The van der Waals surface area contributed by atoms with Gasteiger partial charge in [0.15, 0.2) is 0 Å². The van der Waals surface area contributed by atoms with E-state index in [-0.39, 0.29) is 0 Å². The predicted octanol–water partition coefficient (Wildman–Crippen LogP) is 2.40. The van der Waals surface area contributed by atoms with Crippen molar-refractivity contribution in [1.29, 1.82) is 0 Å². The molecule has 90 valence electrons. The maximum Gasteiger partial charge on any atom is 0.0173 e. The van der Waals surface area contributed by atoms with Gasteiger partial charge in [-0.25, -0.2) is 0 Å². The molecule has 2 heteroatoms. The Labute approximate surface area is 95.2 Å². The van der Waals surface area contributed by atoms with Crippen LogP contribution in [0.1, 0.15) is 47.0 Å². The van der Waals surface area contributed by atoms with Crippen LogP contribution in [0, 0.1) is 11.8 Å². The van der Waals surface area contributed by atoms with Crippen LogP contribution >= 0.6 is 0 Å². The quantitative estimate of drug-likeness (QED) is 0.706. The van der Waals surface area contributed by atoms with Crippen LogP contribution in [0.4, 0.5) is 0 Å². The molecule has 1 aliphatic heterocycles. The Balaban J connectivity index is 2.39. The second-order valence-corrected chi connectivity index (χ2v) is 5.12. The first-order valence-corrected chi connectivity index (χ1v) is 6.63. The fourth-order valence-electron chi connectivity index (χ4n) is 2.61. The molecule has 0 aromatic rings. The van der Waals surface area contributed by atoms with E-state index in [0.717, 1.165) is 11.8 Å². The van der Waals surface area contributed by atoms with Gasteiger partial charge in [-0.2, -0.15) is 0 Å². The normalized spacial score (nSPS) is 27.2. The lowest BCUT2D eigenvalue weighted by Crippen LogP contribution is -2.46. The highest BCUT2D eigenvalue weighted by Gasteiger charge is 2.28. The van der Waals surface area contributed by atoms with Crippen molar-refractivity contribution in [3.8, 4) is 0 Å². The number of rotatable bonds is 6. The molecule has 0 bridgehead atoms. The summed E-state index contributed by atoms with van der Waals surface area (Å²) < 4.78 is 0. The van der Waals surface area contributed by atoms with E-state index in [2.05, 4.69) is 38.3 Å². The molecule has 0 aromatic heterocycles. The summed E-state index contributed by atoms with van der Waals surface area (Å²) in [7, 11) is 0. The lowest BCUT2D eigenvalue weighted by Gasteiger charge is -2.33. The van der Waals surface area contributed by atoms with Crippen molar-refractivity contribution in [3.05, 3.63) is 0 Å². The Morgan fingerprint density at radius 3 is 2.13 bits per heavy atom. The molecule has 1 heterocycles. The first kappa shape index (κ1) is 13.0. The van der Waals surface area contributed by atoms with Gasteiger partial charge in [0, 0.05) is 5.54 Å². The summed E-state index contributed by atoms with van der Waals surface area (Å²) in [4.78, 5) is 0. The van der Waals surface area contributed by atoms with Gasteiger partial charge in [-0.1, -0.05) is 27.7 Å². The molecule has 1 rings (SSSR count). The van der Waals surface area contributed by atoms with E-state index in [4.69, 9.17) is 0 Å². The summed E-state index contributed by atoms with van der Waals surface area (Å²) in [5.74, 6) is 1.66. The van der Waals surface area contributed by atoms with Gasteiger partial charge < -0.3 is 10.6 Å². The molecule has 2 N–H and O–H groups in total. The molecule has 0 radical (unpaired) electrons. The summed E-state index contributed by atoms with van der Waals surface area (Å²) in [6.45, 7) is 12.8. The van der Waals surface area contributed by atoms with E-state index in [1.807, 2.05) is 0 Å². The smallest absolute Gasteiger partial charge is 0.0173 e. The van der Waals surface area contributed by atoms with Crippen LogP contribution in [-0.2, 0) is 0 Å². The van der Waals surface area contributed by atoms with Crippen molar-refractivity contribution in [2.45, 2.75) is 52.5 Å². The van der Waals surface area contributed by atoms with Crippen LogP contribution in [0.3, 0.4) is 0 Å². The van der Waals surface area contributed by atoms with Crippen LogP contribution in [0.25, 0.3) is 0 Å². The minimum atomic E-state index is 0.391. The fourth-order valence-corrected chi connectivity index (χ4v) is 2.61. The van der Waals surface area contributed by atoms with Crippen molar-refractivity contribution < 1.29 is 0 Å². The van der Waals surface area contributed by atoms with Crippen LogP contribution < -0.4 is 10.6 Å². The lowest BCUT2D eigenvalue weighted by molar-refractivity contribution is 0.261. The van der Waals surface area contributed by atoms with Crippen LogP contribution in [0.2, 0.25) is 0 Å². The zero-order chi connectivity index (χ0) is 11.3. The molecular formula is C13H28N2. The number of hydrogen-bond donors (Lipinski definition) is 2. The van der Waals surface area contributed by atoms with Crippen molar-refractivity contribution in [3.63, 3.8) is 0 Å². The second-order valence-electron chi connectivity index (χ2n) is 5.12. The summed E-state index contributed by atoms with van der Waals surface area (Å²) in [6.07, 6.45) is 3.73. The van der Waals surface area contributed by atoms with Crippen molar-refractivity contribution in [2.75, 3.05) is 19.6 Å². The molecule has 2 atom stereocenters. The zero-order valence-electron chi connectivity index (χ0n) is 10.9. The molecule has 15 heavy (non-hydrogen) atoms. The van der Waals surface area contributed by atoms with Gasteiger partial charge >= 0.3 is 0 Å². The van der Waals surface area contributed by atoms with Crippen molar-refractivity contribution >= 4 is 0 Å². The third-order valence-corrected chi connectivity index (χ3v) is 4.45. The van der Waals surface area contributed by atoms with Gasteiger partial charge in [-0.15, -0.1) is 0 Å². The summed E-state index contributed by atoms with van der Waals surface area (Å²) >= 11 is 0. The van der Waals surface area contributed by atoms with E-state index in [9.17, 15) is 0 Å². The fraction of sp³-hybridized carbons (Fsp3) is 1.00. The Bertz CT molecular complexity index is 167. The number of nitrogens with one attached hydrogen (secondary N) is 2. The third kappa shape index (κ3) is 3.18. The Morgan fingerprint density at radius 1 is 1.13 bits per heavy atom. The molecule has 1 aliphatic rings. The molecule has 0 aliphatic carbocycles. The minimum Gasteiger partial charge on any atom is -0.316 e. The van der Waals surface area contributed by atoms with Crippen molar-refractivity contribution in [1.82, 2.24) is 10.6 Å². The number of hydrogen-bond acceptors (Lipinski definition) is 2. The predicted molar refractivity (Wildman–Crippen MR) is 67.1 cm³/mol. The molecule has 1 saturated heterocycles. The molecule has 0 spiro atoms. The van der Waals surface area contributed by atoms with E-state index in [1.54, 1.807) is 0 Å². The molecule has 0 amide bonds. The standard InChI is InChI=1S/C13H28N2/c1-5-13(6-2,7-3)15-10-12-9-14-8-11(12)4/h11-12,14-15H,5-10H2,1-4H3/t11-,12+/m1/s1. The van der Waals surface area contributed by atoms with E-state index >= 15 is 0 Å². The Hall–Kier alpha value is -0.0800. The van der Waals surface area contributed by atoms with Gasteiger partial charge in [0.25, 0.3) is 0 Å². The largest absolute Gasteiger partial charge is 0.316 e. The molecule has 1 fully saturated rings. The molecule has 0 unspecified atom stereocenters. The highest BCUT2D eigenvalue weighted by Crippen LogP contribution is 2.21. The maximum absolute atomic E-state index is 3.81. The summed E-state index contributed by atoms with van der Waals surface area (Å²) in [5.41, 5.74) is 0.391. The molecule has 2 nitrogen and oxygen atoms in total. The molecular weight excluding hydrogens is 184 g/mol. The SMILES string of the molecule is CCC(CC)(CC)NC[C@@H]1CNC[C@H]1C.